The summed E-state index contributed by atoms with van der Waals surface area (Å²) in [7, 11) is 0. The number of carbonyl (C=O) groups is 2. The molecule has 2 heterocycles. The van der Waals surface area contributed by atoms with Crippen LogP contribution >= 0.6 is 0 Å². The van der Waals surface area contributed by atoms with Crippen LogP contribution in [0.15, 0.2) is 10.6 Å². The highest BCUT2D eigenvalue weighted by atomic mass is 16.5. The predicted octanol–water partition coefficient (Wildman–Crippen LogP) is 1.84. The molecule has 0 saturated carbocycles. The molecule has 2 rings (SSSR count). The van der Waals surface area contributed by atoms with Crippen LogP contribution in [0.4, 0.5) is 0 Å². The number of aromatic nitrogens is 1. The molecule has 2 amide bonds. The quantitative estimate of drug-likeness (QED) is 0.853. The molecule has 0 aromatic carbocycles. The zero-order valence-electron chi connectivity index (χ0n) is 13.1. The van der Waals surface area contributed by atoms with E-state index in [-0.39, 0.29) is 23.9 Å². The van der Waals surface area contributed by atoms with E-state index in [1.54, 1.807) is 19.9 Å². The molecule has 6 nitrogen and oxygen atoms in total. The van der Waals surface area contributed by atoms with E-state index in [9.17, 15) is 9.59 Å². The van der Waals surface area contributed by atoms with Gasteiger partial charge in [0, 0.05) is 38.2 Å². The lowest BCUT2D eigenvalue weighted by Crippen LogP contribution is -2.60. The summed E-state index contributed by atoms with van der Waals surface area (Å²) in [5.41, 5.74) is 0.345. The van der Waals surface area contributed by atoms with Crippen molar-refractivity contribution in [2.45, 2.75) is 52.6 Å². The molecule has 1 fully saturated rings. The normalized spacial score (nSPS) is 22.5. The van der Waals surface area contributed by atoms with Crippen LogP contribution in [0.5, 0.6) is 0 Å². The maximum Gasteiger partial charge on any atom is 0.276 e. The lowest BCUT2D eigenvalue weighted by Gasteiger charge is -2.45. The molecule has 1 aromatic heterocycles. The van der Waals surface area contributed by atoms with E-state index >= 15 is 0 Å². The number of piperazine rings is 1. The van der Waals surface area contributed by atoms with E-state index < -0.39 is 0 Å². The number of hydrogen-bond donors (Lipinski definition) is 0. The molecule has 0 radical (unpaired) electrons. The molecule has 0 spiro atoms. The Morgan fingerprint density at radius 1 is 1.24 bits per heavy atom. The first-order chi connectivity index (χ1) is 9.97. The highest BCUT2D eigenvalue weighted by molar-refractivity contribution is 5.92. The summed E-state index contributed by atoms with van der Waals surface area (Å²) in [4.78, 5) is 28.1. The van der Waals surface area contributed by atoms with Gasteiger partial charge in [-0.2, -0.15) is 0 Å². The van der Waals surface area contributed by atoms with Crippen molar-refractivity contribution in [1.29, 1.82) is 0 Å². The first-order valence-corrected chi connectivity index (χ1v) is 7.49. The van der Waals surface area contributed by atoms with E-state index in [1.165, 1.54) is 0 Å². The van der Waals surface area contributed by atoms with E-state index in [2.05, 4.69) is 5.16 Å². The van der Waals surface area contributed by atoms with E-state index in [1.807, 2.05) is 23.6 Å². The molecule has 0 bridgehead atoms. The summed E-state index contributed by atoms with van der Waals surface area (Å²) in [5, 5.41) is 3.82. The highest BCUT2D eigenvalue weighted by Gasteiger charge is 2.36. The first kappa shape index (κ1) is 15.5. The Morgan fingerprint density at radius 2 is 1.81 bits per heavy atom. The Balaban J connectivity index is 2.22. The lowest BCUT2D eigenvalue weighted by atomic mass is 10.0. The van der Waals surface area contributed by atoms with Crippen LogP contribution in [-0.2, 0) is 4.79 Å². The SMILES string of the molecule is CC[C@@H]1CN(C(=O)c2cc(C)on2)[C@H](CC)CN1C(C)=O. The maximum absolute atomic E-state index is 12.6. The Labute approximate surface area is 125 Å². The second kappa shape index (κ2) is 6.28. The molecular weight excluding hydrogens is 270 g/mol. The molecule has 21 heavy (non-hydrogen) atoms. The van der Waals surface area contributed by atoms with Crippen LogP contribution in [0.3, 0.4) is 0 Å². The van der Waals surface area contributed by atoms with Gasteiger partial charge in [0.05, 0.1) is 0 Å². The Bertz CT molecular complexity index is 526. The molecule has 1 aliphatic rings. The van der Waals surface area contributed by atoms with Crippen molar-refractivity contribution in [2.75, 3.05) is 13.1 Å². The molecule has 116 valence electrons. The molecule has 6 heteroatoms. The van der Waals surface area contributed by atoms with E-state index in [0.29, 0.717) is 24.5 Å². The number of hydrogen-bond acceptors (Lipinski definition) is 4. The van der Waals surface area contributed by atoms with Crippen LogP contribution in [0.1, 0.15) is 49.9 Å². The van der Waals surface area contributed by atoms with Crippen LogP contribution in [-0.4, -0.2) is 51.9 Å². The third kappa shape index (κ3) is 3.09. The van der Waals surface area contributed by atoms with Crippen molar-refractivity contribution in [2.24, 2.45) is 0 Å². The van der Waals surface area contributed by atoms with Crippen LogP contribution in [0, 0.1) is 6.92 Å². The van der Waals surface area contributed by atoms with Crippen LogP contribution in [0.2, 0.25) is 0 Å². The van der Waals surface area contributed by atoms with Gasteiger partial charge in [-0.1, -0.05) is 19.0 Å². The molecule has 1 saturated heterocycles. The molecule has 2 atom stereocenters. The minimum Gasteiger partial charge on any atom is -0.361 e. The fourth-order valence-corrected chi connectivity index (χ4v) is 2.90. The average Bonchev–Trinajstić information content (AvgIpc) is 2.91. The van der Waals surface area contributed by atoms with Gasteiger partial charge in [-0.15, -0.1) is 0 Å². The molecule has 1 aromatic rings. The molecular formula is C15H23N3O3. The van der Waals surface area contributed by atoms with Gasteiger partial charge in [-0.05, 0) is 19.8 Å². The third-order valence-corrected chi connectivity index (χ3v) is 4.15. The zero-order valence-corrected chi connectivity index (χ0v) is 13.1. The molecule has 0 N–H and O–H groups in total. The number of carbonyl (C=O) groups excluding carboxylic acids is 2. The second-order valence-electron chi connectivity index (χ2n) is 5.58. The second-order valence-corrected chi connectivity index (χ2v) is 5.58. The van der Waals surface area contributed by atoms with Crippen molar-refractivity contribution >= 4 is 11.8 Å². The van der Waals surface area contributed by atoms with Crippen LogP contribution < -0.4 is 0 Å². The van der Waals surface area contributed by atoms with Gasteiger partial charge in [0.2, 0.25) is 5.91 Å². The van der Waals surface area contributed by atoms with Gasteiger partial charge < -0.3 is 14.3 Å². The predicted molar refractivity (Wildman–Crippen MR) is 77.8 cm³/mol. The van der Waals surface area contributed by atoms with Gasteiger partial charge in [0.1, 0.15) is 5.76 Å². The monoisotopic (exact) mass is 293 g/mol. The Kier molecular flexibility index (Phi) is 4.65. The first-order valence-electron chi connectivity index (χ1n) is 7.49. The Hall–Kier alpha value is -1.85. The van der Waals surface area contributed by atoms with Gasteiger partial charge >= 0.3 is 0 Å². The molecule has 0 aliphatic carbocycles. The minimum atomic E-state index is -0.111. The number of amides is 2. The van der Waals surface area contributed by atoms with Crippen molar-refractivity contribution in [3.05, 3.63) is 17.5 Å². The minimum absolute atomic E-state index is 0.0289. The van der Waals surface area contributed by atoms with Crippen LogP contribution in [0.25, 0.3) is 0 Å². The van der Waals surface area contributed by atoms with Gasteiger partial charge in [0.15, 0.2) is 5.69 Å². The zero-order chi connectivity index (χ0) is 15.6. The lowest BCUT2D eigenvalue weighted by molar-refractivity contribution is -0.135. The third-order valence-electron chi connectivity index (χ3n) is 4.15. The summed E-state index contributed by atoms with van der Waals surface area (Å²) in [6, 6.07) is 1.76. The van der Waals surface area contributed by atoms with Crippen molar-refractivity contribution in [3.8, 4) is 0 Å². The molecule has 0 unspecified atom stereocenters. The topological polar surface area (TPSA) is 66.7 Å². The number of nitrogens with zero attached hydrogens (tertiary/aromatic N) is 3. The molecule has 1 aliphatic heterocycles. The maximum atomic E-state index is 12.6. The summed E-state index contributed by atoms with van der Waals surface area (Å²) in [6.45, 7) is 8.57. The summed E-state index contributed by atoms with van der Waals surface area (Å²) in [6.07, 6.45) is 1.64. The summed E-state index contributed by atoms with van der Waals surface area (Å²) < 4.78 is 5.00. The largest absolute Gasteiger partial charge is 0.361 e. The van der Waals surface area contributed by atoms with Gasteiger partial charge in [-0.3, -0.25) is 9.59 Å². The van der Waals surface area contributed by atoms with E-state index in [4.69, 9.17) is 4.52 Å². The summed E-state index contributed by atoms with van der Waals surface area (Å²) in [5.74, 6) is 0.589. The average molecular weight is 293 g/mol. The fourth-order valence-electron chi connectivity index (χ4n) is 2.90. The van der Waals surface area contributed by atoms with Crippen molar-refractivity contribution in [3.63, 3.8) is 0 Å². The number of rotatable bonds is 3. The Morgan fingerprint density at radius 3 is 2.29 bits per heavy atom. The standard InChI is InChI=1S/C15H23N3O3/c1-5-12-9-18(13(6-2)8-17(12)11(4)19)15(20)14-7-10(3)21-16-14/h7,12-13H,5-6,8-9H2,1-4H3/t12-,13-/m1/s1. The highest BCUT2D eigenvalue weighted by Crippen LogP contribution is 2.22. The van der Waals surface area contributed by atoms with Gasteiger partial charge in [-0.25, -0.2) is 0 Å². The van der Waals surface area contributed by atoms with Gasteiger partial charge in [0.25, 0.3) is 5.91 Å². The van der Waals surface area contributed by atoms with Crippen molar-refractivity contribution < 1.29 is 14.1 Å². The van der Waals surface area contributed by atoms with Crippen molar-refractivity contribution in [1.82, 2.24) is 15.0 Å². The summed E-state index contributed by atoms with van der Waals surface area (Å²) >= 11 is 0. The van der Waals surface area contributed by atoms with E-state index in [0.717, 1.165) is 12.8 Å². The number of aryl methyl sites for hydroxylation is 1. The fraction of sp³-hybridized carbons (Fsp3) is 0.667. The smallest absolute Gasteiger partial charge is 0.276 e.